The highest BCUT2D eigenvalue weighted by molar-refractivity contribution is 5.90. The van der Waals surface area contributed by atoms with Gasteiger partial charge in [-0.2, -0.15) is 18.3 Å². The molecular formula is C21H26F3N5O5. The number of fused-ring (bicyclic) bond motifs is 3. The van der Waals surface area contributed by atoms with Crippen LogP contribution >= 0.6 is 0 Å². The van der Waals surface area contributed by atoms with E-state index in [4.69, 9.17) is 9.90 Å². The minimum absolute atomic E-state index is 0.192. The Bertz CT molecular complexity index is 1020. The van der Waals surface area contributed by atoms with Gasteiger partial charge in [0, 0.05) is 43.2 Å². The molecule has 2 aromatic heterocycles. The number of halogens is 3. The number of aliphatic carboxylic acids is 1. The normalized spacial score (nSPS) is 12.0. The van der Waals surface area contributed by atoms with Gasteiger partial charge in [0.2, 0.25) is 0 Å². The maximum atomic E-state index is 11.8. The maximum absolute atomic E-state index is 11.8. The van der Waals surface area contributed by atoms with Gasteiger partial charge in [-0.3, -0.25) is 9.67 Å². The molecule has 0 radical (unpaired) electrons. The van der Waals surface area contributed by atoms with Crippen molar-refractivity contribution in [3.05, 3.63) is 35.3 Å². The SMILES string of the molecule is CCCCNC(=O)NCCCn1nc2c(c1C(=O)O)CCc1cnccc1-2.O=C(O)C(F)(F)F. The monoisotopic (exact) mass is 485 g/mol. The second-order valence-corrected chi connectivity index (χ2v) is 7.43. The number of carboxylic acid groups (broad SMARTS) is 2. The Morgan fingerprint density at radius 1 is 1.12 bits per heavy atom. The minimum atomic E-state index is -5.08. The van der Waals surface area contributed by atoms with E-state index < -0.39 is 18.1 Å². The predicted molar refractivity (Wildman–Crippen MR) is 114 cm³/mol. The number of hydrogen-bond donors (Lipinski definition) is 4. The molecule has 0 atom stereocenters. The van der Waals surface area contributed by atoms with E-state index in [0.717, 1.165) is 41.6 Å². The summed E-state index contributed by atoms with van der Waals surface area (Å²) in [7, 11) is 0. The first-order valence-corrected chi connectivity index (χ1v) is 10.6. The lowest BCUT2D eigenvalue weighted by Gasteiger charge is -2.14. The molecule has 4 N–H and O–H groups in total. The standard InChI is InChI=1S/C19H25N5O3.C2HF3O2/c1-2-3-8-21-19(27)22-9-4-11-24-17(18(25)26)15-6-5-13-12-20-10-7-14(13)16(15)23-24;3-2(4,5)1(6)7/h7,10,12H,2-6,8-9,11H2,1H3,(H,25,26)(H2,21,22,27);(H,6,7). The van der Waals surface area contributed by atoms with Gasteiger partial charge in [0.25, 0.3) is 0 Å². The third-order valence-corrected chi connectivity index (χ3v) is 4.95. The minimum Gasteiger partial charge on any atom is -0.477 e. The Morgan fingerprint density at radius 2 is 1.76 bits per heavy atom. The summed E-state index contributed by atoms with van der Waals surface area (Å²) in [4.78, 5) is 36.5. The first-order chi connectivity index (χ1) is 16.1. The molecule has 186 valence electrons. The van der Waals surface area contributed by atoms with E-state index in [0.29, 0.717) is 32.5 Å². The molecule has 0 aromatic carbocycles. The zero-order valence-corrected chi connectivity index (χ0v) is 18.5. The number of unbranched alkanes of at least 4 members (excludes halogenated alkanes) is 1. The number of alkyl halides is 3. The Kier molecular flexibility index (Phi) is 9.39. The van der Waals surface area contributed by atoms with E-state index in [9.17, 15) is 27.9 Å². The summed E-state index contributed by atoms with van der Waals surface area (Å²) in [6, 6.07) is 1.70. The largest absolute Gasteiger partial charge is 0.490 e. The highest BCUT2D eigenvalue weighted by atomic mass is 19.4. The van der Waals surface area contributed by atoms with Crippen molar-refractivity contribution in [3.63, 3.8) is 0 Å². The van der Waals surface area contributed by atoms with Crippen molar-refractivity contribution in [1.82, 2.24) is 25.4 Å². The zero-order valence-electron chi connectivity index (χ0n) is 18.5. The first-order valence-electron chi connectivity index (χ1n) is 10.6. The highest BCUT2D eigenvalue weighted by Crippen LogP contribution is 2.34. The summed E-state index contributed by atoms with van der Waals surface area (Å²) in [5, 5.41) is 26.9. The summed E-state index contributed by atoms with van der Waals surface area (Å²) >= 11 is 0. The van der Waals surface area contributed by atoms with Crippen molar-refractivity contribution < 1.29 is 37.8 Å². The van der Waals surface area contributed by atoms with E-state index >= 15 is 0 Å². The molecule has 13 heteroatoms. The number of pyridine rings is 1. The van der Waals surface area contributed by atoms with Crippen molar-refractivity contribution in [2.45, 2.75) is 51.7 Å². The number of nitrogens with one attached hydrogen (secondary N) is 2. The Labute approximate surface area is 193 Å². The van der Waals surface area contributed by atoms with Crippen LogP contribution in [0.3, 0.4) is 0 Å². The van der Waals surface area contributed by atoms with Crippen LogP contribution in [0.2, 0.25) is 0 Å². The number of urea groups is 1. The summed E-state index contributed by atoms with van der Waals surface area (Å²) in [6.45, 7) is 3.62. The lowest BCUT2D eigenvalue weighted by atomic mass is 9.90. The number of hydrogen-bond acceptors (Lipinski definition) is 5. The molecule has 1 aliphatic rings. The van der Waals surface area contributed by atoms with Crippen LogP contribution < -0.4 is 10.6 Å². The fourth-order valence-corrected chi connectivity index (χ4v) is 3.34. The number of aromatic nitrogens is 3. The third kappa shape index (κ3) is 7.18. The van der Waals surface area contributed by atoms with Gasteiger partial charge in [0.15, 0.2) is 0 Å². The van der Waals surface area contributed by atoms with Gasteiger partial charge in [-0.25, -0.2) is 14.4 Å². The Balaban J connectivity index is 0.000000509. The quantitative estimate of drug-likeness (QED) is 0.421. The molecule has 0 saturated carbocycles. The van der Waals surface area contributed by atoms with Gasteiger partial charge >= 0.3 is 24.1 Å². The fourth-order valence-electron chi connectivity index (χ4n) is 3.34. The maximum Gasteiger partial charge on any atom is 0.490 e. The Hall–Kier alpha value is -3.64. The van der Waals surface area contributed by atoms with Crippen LogP contribution in [0.25, 0.3) is 11.3 Å². The molecule has 2 amide bonds. The molecule has 34 heavy (non-hydrogen) atoms. The van der Waals surface area contributed by atoms with Crippen molar-refractivity contribution in [3.8, 4) is 11.3 Å². The molecule has 3 rings (SSSR count). The van der Waals surface area contributed by atoms with Gasteiger partial charge in [0.1, 0.15) is 5.69 Å². The molecule has 0 aliphatic heterocycles. The first kappa shape index (κ1) is 26.6. The summed E-state index contributed by atoms with van der Waals surface area (Å²) in [5.74, 6) is -3.72. The van der Waals surface area contributed by atoms with Crippen LogP contribution in [0.1, 0.15) is 47.8 Å². The topological polar surface area (TPSA) is 146 Å². The fraction of sp³-hybridized carbons (Fsp3) is 0.476. The van der Waals surface area contributed by atoms with Crippen molar-refractivity contribution in [2.24, 2.45) is 0 Å². The number of carbonyl (C=O) groups is 3. The van der Waals surface area contributed by atoms with E-state index in [1.165, 1.54) is 0 Å². The summed E-state index contributed by atoms with van der Waals surface area (Å²) in [6.07, 6.45) is 2.43. The number of nitrogens with zero attached hydrogens (tertiary/aromatic N) is 3. The van der Waals surface area contributed by atoms with E-state index in [-0.39, 0.29) is 11.7 Å². The van der Waals surface area contributed by atoms with Gasteiger partial charge in [0.05, 0.1) is 5.69 Å². The number of aryl methyl sites for hydroxylation is 2. The smallest absolute Gasteiger partial charge is 0.477 e. The Morgan fingerprint density at radius 3 is 2.35 bits per heavy atom. The van der Waals surface area contributed by atoms with Crippen LogP contribution in [-0.2, 0) is 24.2 Å². The molecule has 0 spiro atoms. The molecule has 2 aromatic rings. The summed E-state index contributed by atoms with van der Waals surface area (Å²) < 4.78 is 33.3. The number of carboxylic acids is 2. The van der Waals surface area contributed by atoms with Gasteiger partial charge in [-0.15, -0.1) is 0 Å². The predicted octanol–water partition coefficient (Wildman–Crippen LogP) is 2.86. The molecule has 0 saturated heterocycles. The average molecular weight is 485 g/mol. The van der Waals surface area contributed by atoms with Crippen molar-refractivity contribution >= 4 is 18.0 Å². The highest BCUT2D eigenvalue weighted by Gasteiger charge is 2.38. The van der Waals surface area contributed by atoms with Crippen LogP contribution in [-0.4, -0.2) is 62.2 Å². The van der Waals surface area contributed by atoms with Crippen LogP contribution in [0.15, 0.2) is 18.5 Å². The van der Waals surface area contributed by atoms with E-state index in [1.807, 2.05) is 12.3 Å². The van der Waals surface area contributed by atoms with E-state index in [2.05, 4.69) is 27.6 Å². The van der Waals surface area contributed by atoms with Crippen LogP contribution in [0.4, 0.5) is 18.0 Å². The van der Waals surface area contributed by atoms with Crippen LogP contribution in [0, 0.1) is 0 Å². The van der Waals surface area contributed by atoms with Crippen molar-refractivity contribution in [1.29, 1.82) is 0 Å². The molecule has 0 bridgehead atoms. The van der Waals surface area contributed by atoms with Crippen molar-refractivity contribution in [2.75, 3.05) is 13.1 Å². The number of amides is 2. The second kappa shape index (κ2) is 12.0. The molecule has 2 heterocycles. The summed E-state index contributed by atoms with van der Waals surface area (Å²) in [5.41, 5.74) is 3.82. The lowest BCUT2D eigenvalue weighted by Crippen LogP contribution is -2.36. The van der Waals surface area contributed by atoms with Gasteiger partial charge in [-0.05, 0) is 37.3 Å². The lowest BCUT2D eigenvalue weighted by molar-refractivity contribution is -0.192. The second-order valence-electron chi connectivity index (χ2n) is 7.43. The molecule has 0 fully saturated rings. The average Bonchev–Trinajstić information content (AvgIpc) is 3.16. The van der Waals surface area contributed by atoms with Gasteiger partial charge < -0.3 is 20.8 Å². The number of aromatic carboxylic acids is 1. The molecule has 0 unspecified atom stereocenters. The number of carbonyl (C=O) groups excluding carboxylic acids is 1. The third-order valence-electron chi connectivity index (χ3n) is 4.95. The number of rotatable bonds is 8. The van der Waals surface area contributed by atoms with Crippen LogP contribution in [0.5, 0.6) is 0 Å². The zero-order chi connectivity index (χ0) is 25.3. The molecule has 10 nitrogen and oxygen atoms in total. The molecular weight excluding hydrogens is 459 g/mol. The van der Waals surface area contributed by atoms with Gasteiger partial charge in [-0.1, -0.05) is 13.3 Å². The van der Waals surface area contributed by atoms with E-state index in [1.54, 1.807) is 10.9 Å². The molecule has 1 aliphatic carbocycles.